The summed E-state index contributed by atoms with van der Waals surface area (Å²) in [5.74, 6) is 2.06. The lowest BCUT2D eigenvalue weighted by molar-refractivity contribution is 0.279. The Kier molecular flexibility index (Phi) is 3.72. The van der Waals surface area contributed by atoms with Crippen LogP contribution in [0.5, 0.6) is 11.5 Å². The molecule has 0 bridgehead atoms. The first kappa shape index (κ1) is 12.3. The van der Waals surface area contributed by atoms with E-state index in [1.807, 2.05) is 37.3 Å². The van der Waals surface area contributed by atoms with E-state index in [1.165, 1.54) is 0 Å². The van der Waals surface area contributed by atoms with Gasteiger partial charge in [-0.1, -0.05) is 12.1 Å². The number of anilines is 1. The number of nitrogens with zero attached hydrogens (tertiary/aromatic N) is 2. The van der Waals surface area contributed by atoms with Crippen LogP contribution in [0.2, 0.25) is 0 Å². The van der Waals surface area contributed by atoms with E-state index in [1.54, 1.807) is 11.8 Å². The third-order valence-electron chi connectivity index (χ3n) is 2.61. The van der Waals surface area contributed by atoms with Crippen LogP contribution in [-0.2, 0) is 13.2 Å². The molecular formula is C13H17N3O2. The van der Waals surface area contributed by atoms with E-state index < -0.39 is 0 Å². The van der Waals surface area contributed by atoms with Gasteiger partial charge >= 0.3 is 0 Å². The second kappa shape index (κ2) is 5.44. The average Bonchev–Trinajstić information content (AvgIpc) is 2.77. The van der Waals surface area contributed by atoms with Gasteiger partial charge in [0.2, 0.25) is 0 Å². The Labute approximate surface area is 106 Å². The van der Waals surface area contributed by atoms with E-state index in [2.05, 4.69) is 5.10 Å². The quantitative estimate of drug-likeness (QED) is 0.878. The first-order valence-corrected chi connectivity index (χ1v) is 5.82. The highest BCUT2D eigenvalue weighted by Crippen LogP contribution is 2.26. The number of methoxy groups -OCH3 is 1. The summed E-state index contributed by atoms with van der Waals surface area (Å²) in [6, 6.07) is 9.33. The molecule has 0 unspecified atom stereocenters. The summed E-state index contributed by atoms with van der Waals surface area (Å²) in [6.45, 7) is 3.12. The molecular weight excluding hydrogens is 230 g/mol. The van der Waals surface area contributed by atoms with Gasteiger partial charge in [-0.15, -0.1) is 0 Å². The van der Waals surface area contributed by atoms with E-state index in [9.17, 15) is 0 Å². The maximum absolute atomic E-state index is 5.80. The molecule has 2 N–H and O–H groups in total. The number of hydrogen-bond acceptors (Lipinski definition) is 4. The fourth-order valence-corrected chi connectivity index (χ4v) is 1.70. The van der Waals surface area contributed by atoms with Crippen molar-refractivity contribution in [2.45, 2.75) is 20.1 Å². The van der Waals surface area contributed by atoms with Crippen LogP contribution in [0.25, 0.3) is 0 Å². The van der Waals surface area contributed by atoms with Crippen molar-refractivity contribution in [1.29, 1.82) is 0 Å². The summed E-state index contributed by atoms with van der Waals surface area (Å²) in [5.41, 5.74) is 6.60. The smallest absolute Gasteiger partial charge is 0.161 e. The number of ether oxygens (including phenoxy) is 2. The molecule has 18 heavy (non-hydrogen) atoms. The number of aryl methyl sites for hydroxylation is 1. The fourth-order valence-electron chi connectivity index (χ4n) is 1.70. The number of hydrogen-bond donors (Lipinski definition) is 1. The molecule has 2 aromatic rings. The van der Waals surface area contributed by atoms with E-state index >= 15 is 0 Å². The van der Waals surface area contributed by atoms with Crippen LogP contribution < -0.4 is 15.2 Å². The lowest BCUT2D eigenvalue weighted by Crippen LogP contribution is -2.03. The highest BCUT2D eigenvalue weighted by molar-refractivity contribution is 5.39. The summed E-state index contributed by atoms with van der Waals surface area (Å²) in [7, 11) is 1.62. The van der Waals surface area contributed by atoms with Gasteiger partial charge in [0.25, 0.3) is 0 Å². The largest absolute Gasteiger partial charge is 0.493 e. The number of rotatable bonds is 5. The fraction of sp³-hybridized carbons (Fsp3) is 0.308. The molecule has 5 nitrogen and oxygen atoms in total. The lowest BCUT2D eigenvalue weighted by atomic mass is 10.3. The van der Waals surface area contributed by atoms with Crippen molar-refractivity contribution in [3.8, 4) is 11.5 Å². The van der Waals surface area contributed by atoms with E-state index in [4.69, 9.17) is 15.2 Å². The van der Waals surface area contributed by atoms with Gasteiger partial charge in [0, 0.05) is 12.6 Å². The predicted octanol–water partition coefficient (Wildman–Crippen LogP) is 2.07. The third-order valence-corrected chi connectivity index (χ3v) is 2.61. The van der Waals surface area contributed by atoms with Gasteiger partial charge in [0.15, 0.2) is 11.5 Å². The van der Waals surface area contributed by atoms with Gasteiger partial charge in [-0.3, -0.25) is 4.68 Å². The zero-order valence-electron chi connectivity index (χ0n) is 10.6. The zero-order valence-corrected chi connectivity index (χ0v) is 10.6. The lowest BCUT2D eigenvalue weighted by Gasteiger charge is -2.08. The van der Waals surface area contributed by atoms with E-state index in [-0.39, 0.29) is 0 Å². The van der Waals surface area contributed by atoms with Crippen LogP contribution in [-0.4, -0.2) is 16.9 Å². The Morgan fingerprint density at radius 3 is 2.61 bits per heavy atom. The standard InChI is InChI=1S/C13H17N3O2/c1-3-16-13(14)8-10(15-16)9-18-12-7-5-4-6-11(12)17-2/h4-8H,3,9,14H2,1-2H3. The van der Waals surface area contributed by atoms with Crippen molar-refractivity contribution in [2.24, 2.45) is 0 Å². The summed E-state index contributed by atoms with van der Waals surface area (Å²) in [5, 5.41) is 4.32. The van der Waals surface area contributed by atoms with Gasteiger partial charge in [-0.25, -0.2) is 0 Å². The Balaban J connectivity index is 2.06. The van der Waals surface area contributed by atoms with Crippen LogP contribution in [0.4, 0.5) is 5.82 Å². The maximum Gasteiger partial charge on any atom is 0.161 e. The molecule has 0 fully saturated rings. The number of nitrogen functional groups attached to an aromatic ring is 1. The molecule has 5 heteroatoms. The molecule has 1 aromatic carbocycles. The molecule has 0 aliphatic rings. The Morgan fingerprint density at radius 2 is 2.00 bits per heavy atom. The second-order valence-corrected chi connectivity index (χ2v) is 3.82. The molecule has 0 spiro atoms. The maximum atomic E-state index is 5.80. The number of aromatic nitrogens is 2. The van der Waals surface area contributed by atoms with Crippen LogP contribution >= 0.6 is 0 Å². The van der Waals surface area contributed by atoms with Crippen molar-refractivity contribution in [3.63, 3.8) is 0 Å². The van der Waals surface area contributed by atoms with Crippen LogP contribution in [0, 0.1) is 0 Å². The Hall–Kier alpha value is -2.17. The highest BCUT2D eigenvalue weighted by Gasteiger charge is 2.06. The van der Waals surface area contributed by atoms with Crippen molar-refractivity contribution in [2.75, 3.05) is 12.8 Å². The van der Waals surface area contributed by atoms with Gasteiger partial charge in [-0.05, 0) is 19.1 Å². The molecule has 2 rings (SSSR count). The van der Waals surface area contributed by atoms with Crippen molar-refractivity contribution in [3.05, 3.63) is 36.0 Å². The van der Waals surface area contributed by atoms with Crippen molar-refractivity contribution < 1.29 is 9.47 Å². The Morgan fingerprint density at radius 1 is 1.28 bits per heavy atom. The Bertz CT molecular complexity index is 523. The van der Waals surface area contributed by atoms with E-state index in [0.717, 1.165) is 12.2 Å². The van der Waals surface area contributed by atoms with Crippen molar-refractivity contribution in [1.82, 2.24) is 9.78 Å². The predicted molar refractivity (Wildman–Crippen MR) is 69.6 cm³/mol. The summed E-state index contributed by atoms with van der Waals surface area (Å²) in [4.78, 5) is 0. The molecule has 96 valence electrons. The minimum Gasteiger partial charge on any atom is -0.493 e. The number of nitrogens with two attached hydrogens (primary N) is 1. The normalized spacial score (nSPS) is 10.3. The summed E-state index contributed by atoms with van der Waals surface area (Å²) < 4.78 is 12.6. The molecule has 0 saturated carbocycles. The third kappa shape index (κ3) is 2.56. The number of para-hydroxylation sites is 2. The molecule has 1 aromatic heterocycles. The van der Waals surface area contributed by atoms with Gasteiger partial charge in [-0.2, -0.15) is 5.10 Å². The van der Waals surface area contributed by atoms with Gasteiger partial charge in [0.05, 0.1) is 7.11 Å². The van der Waals surface area contributed by atoms with Crippen LogP contribution in [0.1, 0.15) is 12.6 Å². The summed E-state index contributed by atoms with van der Waals surface area (Å²) in [6.07, 6.45) is 0. The molecule has 0 saturated heterocycles. The minimum atomic E-state index is 0.373. The van der Waals surface area contributed by atoms with Crippen molar-refractivity contribution >= 4 is 5.82 Å². The first-order valence-electron chi connectivity index (χ1n) is 5.82. The SMILES string of the molecule is CCn1nc(COc2ccccc2OC)cc1N. The van der Waals surface area contributed by atoms with Gasteiger partial charge < -0.3 is 15.2 Å². The number of benzene rings is 1. The molecule has 1 heterocycles. The monoisotopic (exact) mass is 247 g/mol. The second-order valence-electron chi connectivity index (χ2n) is 3.82. The molecule has 0 atom stereocenters. The molecule has 0 aliphatic carbocycles. The molecule has 0 radical (unpaired) electrons. The zero-order chi connectivity index (χ0) is 13.0. The first-order chi connectivity index (χ1) is 8.74. The summed E-state index contributed by atoms with van der Waals surface area (Å²) >= 11 is 0. The van der Waals surface area contributed by atoms with Crippen LogP contribution in [0.3, 0.4) is 0 Å². The topological polar surface area (TPSA) is 62.3 Å². The molecule has 0 aliphatic heterocycles. The average molecular weight is 247 g/mol. The van der Waals surface area contributed by atoms with E-state index in [0.29, 0.717) is 23.9 Å². The highest BCUT2D eigenvalue weighted by atomic mass is 16.5. The minimum absolute atomic E-state index is 0.373. The van der Waals surface area contributed by atoms with Gasteiger partial charge in [0.1, 0.15) is 18.1 Å². The molecule has 0 amide bonds. The van der Waals surface area contributed by atoms with Crippen LogP contribution in [0.15, 0.2) is 30.3 Å².